The minimum Gasteiger partial charge on any atom is -0.354 e. The standard InChI is InChI=1S/C11H16N4O/c1-8-12-5-3-11(13-8)15-6-4-10(7-15)14-9(2)16/h3,5,10H,4,6-7H2,1-2H3,(H,14,16)/t10-/m0/s1. The highest BCUT2D eigenvalue weighted by Gasteiger charge is 2.23. The van der Waals surface area contributed by atoms with Crippen molar-refractivity contribution in [2.75, 3.05) is 18.0 Å². The molecule has 2 heterocycles. The first-order chi connectivity index (χ1) is 7.65. The summed E-state index contributed by atoms with van der Waals surface area (Å²) in [5.74, 6) is 1.76. The van der Waals surface area contributed by atoms with Crippen molar-refractivity contribution in [3.63, 3.8) is 0 Å². The summed E-state index contributed by atoms with van der Waals surface area (Å²) in [4.78, 5) is 21.6. The van der Waals surface area contributed by atoms with Gasteiger partial charge in [0.1, 0.15) is 11.6 Å². The van der Waals surface area contributed by atoms with Gasteiger partial charge in [0.2, 0.25) is 5.91 Å². The Morgan fingerprint density at radius 3 is 3.12 bits per heavy atom. The third-order valence-electron chi connectivity index (χ3n) is 2.68. The molecule has 1 amide bonds. The second-order valence-corrected chi connectivity index (χ2v) is 4.09. The third kappa shape index (κ3) is 2.48. The number of carbonyl (C=O) groups is 1. The molecule has 1 atom stereocenters. The monoisotopic (exact) mass is 220 g/mol. The fourth-order valence-corrected chi connectivity index (χ4v) is 1.99. The van der Waals surface area contributed by atoms with Crippen molar-refractivity contribution in [2.24, 2.45) is 0 Å². The van der Waals surface area contributed by atoms with Gasteiger partial charge < -0.3 is 10.2 Å². The fourth-order valence-electron chi connectivity index (χ4n) is 1.99. The molecule has 1 saturated heterocycles. The maximum Gasteiger partial charge on any atom is 0.217 e. The fraction of sp³-hybridized carbons (Fsp3) is 0.545. The number of nitrogens with one attached hydrogen (secondary N) is 1. The number of anilines is 1. The van der Waals surface area contributed by atoms with Gasteiger partial charge in [-0.2, -0.15) is 0 Å². The SMILES string of the molecule is CC(=O)N[C@H]1CCN(c2ccnc(C)n2)C1. The highest BCUT2D eigenvalue weighted by Crippen LogP contribution is 2.17. The van der Waals surface area contributed by atoms with Crippen LogP contribution in [0.1, 0.15) is 19.2 Å². The van der Waals surface area contributed by atoms with Crippen LogP contribution < -0.4 is 10.2 Å². The minimum atomic E-state index is 0.0331. The van der Waals surface area contributed by atoms with Crippen molar-refractivity contribution in [1.82, 2.24) is 15.3 Å². The molecule has 5 heteroatoms. The van der Waals surface area contributed by atoms with Gasteiger partial charge in [-0.25, -0.2) is 9.97 Å². The maximum atomic E-state index is 10.9. The van der Waals surface area contributed by atoms with Gasteiger partial charge in [0.05, 0.1) is 0 Å². The van der Waals surface area contributed by atoms with E-state index in [0.717, 1.165) is 31.2 Å². The average molecular weight is 220 g/mol. The van der Waals surface area contributed by atoms with Gasteiger partial charge in [0.15, 0.2) is 0 Å². The number of aryl methyl sites for hydroxylation is 1. The second-order valence-electron chi connectivity index (χ2n) is 4.09. The van der Waals surface area contributed by atoms with Crippen molar-refractivity contribution >= 4 is 11.7 Å². The zero-order valence-corrected chi connectivity index (χ0v) is 9.60. The van der Waals surface area contributed by atoms with Crippen molar-refractivity contribution in [1.29, 1.82) is 0 Å². The number of nitrogens with zero attached hydrogens (tertiary/aromatic N) is 3. The average Bonchev–Trinajstić information content (AvgIpc) is 2.65. The molecule has 0 unspecified atom stereocenters. The Balaban J connectivity index is 2.00. The van der Waals surface area contributed by atoms with Crippen molar-refractivity contribution in [3.8, 4) is 0 Å². The predicted molar refractivity (Wildman–Crippen MR) is 61.2 cm³/mol. The van der Waals surface area contributed by atoms with Gasteiger partial charge in [0.25, 0.3) is 0 Å². The van der Waals surface area contributed by atoms with E-state index in [1.165, 1.54) is 0 Å². The van der Waals surface area contributed by atoms with E-state index in [9.17, 15) is 4.79 Å². The van der Waals surface area contributed by atoms with Gasteiger partial charge in [-0.1, -0.05) is 0 Å². The van der Waals surface area contributed by atoms with Crippen LogP contribution in [0.15, 0.2) is 12.3 Å². The smallest absolute Gasteiger partial charge is 0.217 e. The molecule has 2 rings (SSSR count). The largest absolute Gasteiger partial charge is 0.354 e. The summed E-state index contributed by atoms with van der Waals surface area (Å²) in [6.45, 7) is 5.19. The zero-order chi connectivity index (χ0) is 11.5. The van der Waals surface area contributed by atoms with Gasteiger partial charge in [-0.15, -0.1) is 0 Å². The molecule has 1 N–H and O–H groups in total. The van der Waals surface area contributed by atoms with Crippen LogP contribution in [0.25, 0.3) is 0 Å². The molecule has 1 aliphatic heterocycles. The second kappa shape index (κ2) is 4.47. The Kier molecular flexibility index (Phi) is 3.03. The Morgan fingerprint density at radius 1 is 1.62 bits per heavy atom. The number of aromatic nitrogens is 2. The molecule has 0 aromatic carbocycles. The first-order valence-corrected chi connectivity index (χ1v) is 5.47. The molecule has 0 bridgehead atoms. The maximum absolute atomic E-state index is 10.9. The minimum absolute atomic E-state index is 0.0331. The molecule has 5 nitrogen and oxygen atoms in total. The summed E-state index contributed by atoms with van der Waals surface area (Å²) in [7, 11) is 0. The molecule has 1 aliphatic rings. The normalized spacial score (nSPS) is 19.9. The summed E-state index contributed by atoms with van der Waals surface area (Å²) < 4.78 is 0. The van der Waals surface area contributed by atoms with Gasteiger partial charge in [-0.05, 0) is 19.4 Å². The molecule has 0 aliphatic carbocycles. The highest BCUT2D eigenvalue weighted by molar-refractivity contribution is 5.73. The molecule has 0 saturated carbocycles. The molecule has 16 heavy (non-hydrogen) atoms. The predicted octanol–water partition coefficient (Wildman–Crippen LogP) is 0.500. The topological polar surface area (TPSA) is 58.1 Å². The lowest BCUT2D eigenvalue weighted by atomic mass is 10.3. The number of hydrogen-bond donors (Lipinski definition) is 1. The number of rotatable bonds is 2. The zero-order valence-electron chi connectivity index (χ0n) is 9.60. The third-order valence-corrected chi connectivity index (χ3v) is 2.68. The van der Waals surface area contributed by atoms with Crippen LogP contribution >= 0.6 is 0 Å². The Labute approximate surface area is 94.9 Å². The van der Waals surface area contributed by atoms with E-state index in [1.54, 1.807) is 13.1 Å². The van der Waals surface area contributed by atoms with Crippen LogP contribution in [0.4, 0.5) is 5.82 Å². The molecule has 1 aromatic rings. The van der Waals surface area contributed by atoms with E-state index in [-0.39, 0.29) is 11.9 Å². The summed E-state index contributed by atoms with van der Waals surface area (Å²) in [5, 5.41) is 2.93. The lowest BCUT2D eigenvalue weighted by Gasteiger charge is -2.17. The van der Waals surface area contributed by atoms with Crippen molar-refractivity contribution in [3.05, 3.63) is 18.1 Å². The molecular weight excluding hydrogens is 204 g/mol. The van der Waals surface area contributed by atoms with Crippen LogP contribution in [0.3, 0.4) is 0 Å². The van der Waals surface area contributed by atoms with Crippen LogP contribution in [-0.4, -0.2) is 35.0 Å². The van der Waals surface area contributed by atoms with E-state index in [2.05, 4.69) is 20.2 Å². The van der Waals surface area contributed by atoms with E-state index < -0.39 is 0 Å². The Morgan fingerprint density at radius 2 is 2.44 bits per heavy atom. The van der Waals surface area contributed by atoms with E-state index in [0.29, 0.717) is 0 Å². The van der Waals surface area contributed by atoms with Crippen LogP contribution in [-0.2, 0) is 4.79 Å². The molecule has 1 fully saturated rings. The molecule has 1 aromatic heterocycles. The molecule has 0 spiro atoms. The lowest BCUT2D eigenvalue weighted by Crippen LogP contribution is -2.35. The highest BCUT2D eigenvalue weighted by atomic mass is 16.1. The summed E-state index contributed by atoms with van der Waals surface area (Å²) in [5.41, 5.74) is 0. The van der Waals surface area contributed by atoms with Crippen molar-refractivity contribution in [2.45, 2.75) is 26.3 Å². The van der Waals surface area contributed by atoms with Gasteiger partial charge in [-0.3, -0.25) is 4.79 Å². The number of carbonyl (C=O) groups excluding carboxylic acids is 1. The molecule has 86 valence electrons. The molecular formula is C11H16N4O. The lowest BCUT2D eigenvalue weighted by molar-refractivity contribution is -0.119. The Bertz CT molecular complexity index is 393. The summed E-state index contributed by atoms with van der Waals surface area (Å²) in [6, 6.07) is 2.15. The van der Waals surface area contributed by atoms with Crippen LogP contribution in [0.5, 0.6) is 0 Å². The molecule has 0 radical (unpaired) electrons. The quantitative estimate of drug-likeness (QED) is 0.788. The van der Waals surface area contributed by atoms with E-state index in [4.69, 9.17) is 0 Å². The number of hydrogen-bond acceptors (Lipinski definition) is 4. The Hall–Kier alpha value is -1.65. The number of amides is 1. The van der Waals surface area contributed by atoms with Gasteiger partial charge >= 0.3 is 0 Å². The van der Waals surface area contributed by atoms with E-state index in [1.807, 2.05) is 13.0 Å². The summed E-state index contributed by atoms with van der Waals surface area (Å²) >= 11 is 0. The first-order valence-electron chi connectivity index (χ1n) is 5.47. The van der Waals surface area contributed by atoms with Crippen LogP contribution in [0.2, 0.25) is 0 Å². The first kappa shape index (κ1) is 10.9. The van der Waals surface area contributed by atoms with E-state index >= 15 is 0 Å². The van der Waals surface area contributed by atoms with Crippen molar-refractivity contribution < 1.29 is 4.79 Å². The van der Waals surface area contributed by atoms with Gasteiger partial charge in [0, 0.05) is 32.3 Å². The summed E-state index contributed by atoms with van der Waals surface area (Å²) in [6.07, 6.45) is 2.74. The van der Waals surface area contributed by atoms with Crippen LogP contribution in [0, 0.1) is 6.92 Å².